The maximum atomic E-state index is 13.1. The topological polar surface area (TPSA) is 74.3 Å². The lowest BCUT2D eigenvalue weighted by molar-refractivity contribution is -0.274. The second kappa shape index (κ2) is 12.6. The van der Waals surface area contributed by atoms with Gasteiger partial charge in [0, 0.05) is 23.1 Å². The zero-order chi connectivity index (χ0) is 31.6. The van der Waals surface area contributed by atoms with Gasteiger partial charge >= 0.3 is 6.36 Å². The number of aryl methyl sites for hydroxylation is 3. The first-order chi connectivity index (χ1) is 20.9. The molecule has 44 heavy (non-hydrogen) atoms. The molecule has 3 aromatic carbocycles. The van der Waals surface area contributed by atoms with Crippen molar-refractivity contribution in [2.45, 2.75) is 53.3 Å². The molecule has 2 unspecified atom stereocenters. The van der Waals surface area contributed by atoms with E-state index in [0.717, 1.165) is 33.6 Å². The number of alkyl halides is 3. The molecular formula is C33H32F3N5O2S. The number of amides is 1. The molecule has 0 bridgehead atoms. The lowest BCUT2D eigenvalue weighted by atomic mass is 9.86. The van der Waals surface area contributed by atoms with Crippen molar-refractivity contribution in [2.24, 2.45) is 10.9 Å². The highest BCUT2D eigenvalue weighted by Gasteiger charge is 2.31. The Kier molecular flexibility index (Phi) is 8.87. The molecular weight excluding hydrogens is 587 g/mol. The molecule has 0 radical (unpaired) electrons. The molecule has 0 fully saturated rings. The van der Waals surface area contributed by atoms with E-state index in [1.165, 1.54) is 46.6 Å². The first kappa shape index (κ1) is 30.9. The number of aromatic nitrogens is 4. The Morgan fingerprint density at radius 1 is 0.977 bits per heavy atom. The van der Waals surface area contributed by atoms with E-state index in [4.69, 9.17) is 0 Å². The van der Waals surface area contributed by atoms with E-state index in [1.54, 1.807) is 0 Å². The van der Waals surface area contributed by atoms with Crippen molar-refractivity contribution in [3.05, 3.63) is 106 Å². The van der Waals surface area contributed by atoms with Crippen LogP contribution in [0.5, 0.6) is 5.75 Å². The number of carbonyl (C=O) groups is 1. The Bertz CT molecular complexity index is 1820. The summed E-state index contributed by atoms with van der Waals surface area (Å²) in [5, 5.41) is 6.49. The number of para-hydroxylation sites is 1. The Hall–Kier alpha value is -4.51. The molecule has 2 heterocycles. The van der Waals surface area contributed by atoms with Gasteiger partial charge in [-0.2, -0.15) is 4.99 Å². The van der Waals surface area contributed by atoms with Crippen LogP contribution in [0.2, 0.25) is 0 Å². The smallest absolute Gasteiger partial charge is 0.406 e. The Morgan fingerprint density at radius 2 is 1.64 bits per heavy atom. The van der Waals surface area contributed by atoms with Crippen molar-refractivity contribution in [3.63, 3.8) is 0 Å². The standard InChI is InChI=1S/C33H32F3N5O2S/c1-20-7-6-8-21(2)30(20)41-23(4)18-44-32(41)38-29(42)17-22(3)24(5)25-9-11-26(12-10-25)31-37-19-40(39-31)27-13-15-28(16-14-27)43-33(34,35)36/h6-16,18-19,22,24H,17H2,1-5H3. The number of nitrogens with zero attached hydrogens (tertiary/aromatic N) is 5. The van der Waals surface area contributed by atoms with E-state index < -0.39 is 6.36 Å². The summed E-state index contributed by atoms with van der Waals surface area (Å²) in [6.07, 6.45) is -2.94. The normalized spacial score (nSPS) is 13.6. The molecule has 0 N–H and O–H groups in total. The summed E-state index contributed by atoms with van der Waals surface area (Å²) in [7, 11) is 0. The van der Waals surface area contributed by atoms with Crippen LogP contribution in [0.4, 0.5) is 13.2 Å². The summed E-state index contributed by atoms with van der Waals surface area (Å²) in [5.41, 5.74) is 6.76. The van der Waals surface area contributed by atoms with Gasteiger partial charge in [0.15, 0.2) is 10.6 Å². The third kappa shape index (κ3) is 6.99. The largest absolute Gasteiger partial charge is 0.573 e. The summed E-state index contributed by atoms with van der Waals surface area (Å²) < 4.78 is 44.8. The first-order valence-corrected chi connectivity index (χ1v) is 15.0. The molecule has 2 aromatic heterocycles. The SMILES string of the molecule is Cc1cccc(C)c1-n1c(C)csc1=NC(=O)CC(C)C(C)c1ccc(-c2ncn(-c3ccc(OC(F)(F)F)cc3)n2)cc1. The molecule has 228 valence electrons. The van der Waals surface area contributed by atoms with Gasteiger partial charge in [-0.05, 0) is 73.6 Å². The summed E-state index contributed by atoms with van der Waals surface area (Å²) in [4.78, 5) is 22.7. The first-order valence-electron chi connectivity index (χ1n) is 14.1. The number of rotatable bonds is 8. The molecule has 0 aliphatic carbocycles. The Labute approximate surface area is 257 Å². The summed E-state index contributed by atoms with van der Waals surface area (Å²) >= 11 is 1.47. The highest BCUT2D eigenvalue weighted by molar-refractivity contribution is 7.07. The molecule has 0 saturated heterocycles. The fourth-order valence-electron chi connectivity index (χ4n) is 5.09. The third-order valence-electron chi connectivity index (χ3n) is 7.63. The van der Waals surface area contributed by atoms with Crippen LogP contribution in [-0.2, 0) is 4.79 Å². The van der Waals surface area contributed by atoms with Crippen molar-refractivity contribution in [3.8, 4) is 28.5 Å². The van der Waals surface area contributed by atoms with Crippen LogP contribution < -0.4 is 9.54 Å². The second-order valence-corrected chi connectivity index (χ2v) is 11.7. The molecule has 11 heteroatoms. The van der Waals surface area contributed by atoms with Gasteiger partial charge in [-0.15, -0.1) is 29.6 Å². The fraction of sp³-hybridized carbons (Fsp3) is 0.273. The fourth-order valence-corrected chi connectivity index (χ4v) is 5.97. The minimum atomic E-state index is -4.75. The quantitative estimate of drug-likeness (QED) is 0.177. The minimum Gasteiger partial charge on any atom is -0.406 e. The molecule has 0 spiro atoms. The molecule has 5 aromatic rings. The highest BCUT2D eigenvalue weighted by atomic mass is 32.1. The minimum absolute atomic E-state index is 0.0495. The van der Waals surface area contributed by atoms with Crippen molar-refractivity contribution in [1.82, 2.24) is 19.3 Å². The number of benzene rings is 3. The molecule has 5 rings (SSSR count). The third-order valence-corrected chi connectivity index (χ3v) is 8.58. The molecule has 2 atom stereocenters. The van der Waals surface area contributed by atoms with Gasteiger partial charge in [-0.3, -0.25) is 9.36 Å². The van der Waals surface area contributed by atoms with Crippen LogP contribution in [0.25, 0.3) is 22.8 Å². The van der Waals surface area contributed by atoms with Crippen molar-refractivity contribution >= 4 is 17.2 Å². The molecule has 1 amide bonds. The van der Waals surface area contributed by atoms with Crippen LogP contribution in [-0.4, -0.2) is 31.6 Å². The summed E-state index contributed by atoms with van der Waals surface area (Å²) in [6, 6.07) is 19.4. The lowest BCUT2D eigenvalue weighted by Crippen LogP contribution is -2.19. The van der Waals surface area contributed by atoms with Gasteiger partial charge in [0.05, 0.1) is 11.4 Å². The van der Waals surface area contributed by atoms with Crippen LogP contribution in [0.3, 0.4) is 0 Å². The van der Waals surface area contributed by atoms with Gasteiger partial charge in [-0.1, -0.05) is 56.3 Å². The van der Waals surface area contributed by atoms with Crippen LogP contribution in [0.15, 0.2) is 83.4 Å². The van der Waals surface area contributed by atoms with Crippen molar-refractivity contribution < 1.29 is 22.7 Å². The number of ether oxygens (including phenoxy) is 1. The van der Waals surface area contributed by atoms with E-state index in [9.17, 15) is 18.0 Å². The van der Waals surface area contributed by atoms with Gasteiger partial charge in [0.2, 0.25) is 5.91 Å². The van der Waals surface area contributed by atoms with Gasteiger partial charge in [0.1, 0.15) is 12.1 Å². The van der Waals surface area contributed by atoms with Crippen LogP contribution in [0, 0.1) is 26.7 Å². The maximum Gasteiger partial charge on any atom is 0.573 e. The predicted octanol–water partition coefficient (Wildman–Crippen LogP) is 7.87. The molecule has 0 aliphatic rings. The Morgan fingerprint density at radius 3 is 2.27 bits per heavy atom. The number of hydrogen-bond donors (Lipinski definition) is 0. The number of hydrogen-bond acceptors (Lipinski definition) is 5. The number of carbonyl (C=O) groups excluding carboxylic acids is 1. The van der Waals surface area contributed by atoms with E-state index >= 15 is 0 Å². The predicted molar refractivity (Wildman–Crippen MR) is 164 cm³/mol. The zero-order valence-corrected chi connectivity index (χ0v) is 25.8. The summed E-state index contributed by atoms with van der Waals surface area (Å²) in [6.45, 7) is 10.3. The second-order valence-electron chi connectivity index (χ2n) is 10.9. The molecule has 7 nitrogen and oxygen atoms in total. The average molecular weight is 620 g/mol. The molecule has 0 saturated carbocycles. The average Bonchev–Trinajstić information content (AvgIpc) is 3.60. The molecule has 0 aliphatic heterocycles. The zero-order valence-electron chi connectivity index (χ0n) is 25.0. The van der Waals surface area contributed by atoms with Crippen LogP contribution in [0.1, 0.15) is 48.6 Å². The van der Waals surface area contributed by atoms with E-state index in [0.29, 0.717) is 22.7 Å². The van der Waals surface area contributed by atoms with E-state index in [-0.39, 0.29) is 23.5 Å². The van der Waals surface area contributed by atoms with Gasteiger partial charge in [0.25, 0.3) is 0 Å². The van der Waals surface area contributed by atoms with Gasteiger partial charge < -0.3 is 4.74 Å². The number of thiazole rings is 1. The van der Waals surface area contributed by atoms with E-state index in [2.05, 4.69) is 64.2 Å². The summed E-state index contributed by atoms with van der Waals surface area (Å²) in [5.74, 6) is 0.162. The maximum absolute atomic E-state index is 13.1. The number of halogens is 3. The highest BCUT2D eigenvalue weighted by Crippen LogP contribution is 2.29. The van der Waals surface area contributed by atoms with Gasteiger partial charge in [-0.25, -0.2) is 9.67 Å². The van der Waals surface area contributed by atoms with Crippen molar-refractivity contribution in [1.29, 1.82) is 0 Å². The van der Waals surface area contributed by atoms with E-state index in [1.807, 2.05) is 42.6 Å². The van der Waals surface area contributed by atoms with Crippen LogP contribution >= 0.6 is 11.3 Å². The lowest BCUT2D eigenvalue weighted by Gasteiger charge is -2.19. The Balaban J connectivity index is 1.26. The monoisotopic (exact) mass is 619 g/mol. The van der Waals surface area contributed by atoms with Crippen molar-refractivity contribution in [2.75, 3.05) is 0 Å².